The lowest BCUT2D eigenvalue weighted by atomic mass is 9.85. The molecule has 13 aromatic carbocycles. The Morgan fingerprint density at radius 1 is 0.240 bits per heavy atom. The molecule has 6 heteroatoms. The summed E-state index contributed by atoms with van der Waals surface area (Å²) in [7, 11) is -6.81. The number of rotatable bonds is 13. The minimum Gasteiger partial charge on any atom is -0.294 e. The SMILES string of the molecule is CC(C)(C)c1ccc2c(c1)c1cc(C(C)(C)C)ccc1n2-c1cc(-c2cc([Si](c3ccccc3)(c3ccccc3)c3ccc(-c4ccccc4)cc3)cc([Si](c3ccccc3)(c3ccccc3)c3ccc(-c4ccccc4)cc3)c2)nc(-n2c3ccccc3c3ccccc32)n1. The Balaban J connectivity index is 1.08. The fraction of sp³-hybridized carbons (Fsp3) is 0.0889. The molecule has 0 N–H and O–H groups in total. The fourth-order valence-corrected chi connectivity index (χ4v) is 24.9. The van der Waals surface area contributed by atoms with Gasteiger partial charge in [0.1, 0.15) is 5.82 Å². The van der Waals surface area contributed by atoms with Crippen molar-refractivity contribution in [2.75, 3.05) is 0 Å². The van der Waals surface area contributed by atoms with E-state index >= 15 is 0 Å². The molecule has 0 fully saturated rings. The largest absolute Gasteiger partial charge is 0.294 e. The van der Waals surface area contributed by atoms with Crippen LogP contribution in [0.15, 0.2) is 340 Å². The molecular formula is C90H74N4Si2. The molecule has 0 atom stereocenters. The van der Waals surface area contributed by atoms with E-state index in [1.54, 1.807) is 0 Å². The highest BCUT2D eigenvalue weighted by Crippen LogP contribution is 2.39. The van der Waals surface area contributed by atoms with Gasteiger partial charge in [0.25, 0.3) is 0 Å². The summed E-state index contributed by atoms with van der Waals surface area (Å²) in [5.74, 6) is 1.38. The Morgan fingerprint density at radius 2 is 0.562 bits per heavy atom. The molecule has 0 amide bonds. The van der Waals surface area contributed by atoms with Gasteiger partial charge in [0.05, 0.1) is 27.8 Å². The number of nitrogens with zero attached hydrogens (tertiary/aromatic N) is 4. The molecule has 0 radical (unpaired) electrons. The van der Waals surface area contributed by atoms with E-state index in [4.69, 9.17) is 9.97 Å². The molecule has 0 saturated carbocycles. The number of fused-ring (bicyclic) bond motifs is 6. The molecule has 0 unspecified atom stereocenters. The zero-order chi connectivity index (χ0) is 65.2. The highest BCUT2D eigenvalue weighted by molar-refractivity contribution is 7.22. The quantitative estimate of drug-likeness (QED) is 0.0852. The van der Waals surface area contributed by atoms with Crippen molar-refractivity contribution in [3.05, 3.63) is 351 Å². The smallest absolute Gasteiger partial charge is 0.237 e. The predicted molar refractivity (Wildman–Crippen MR) is 412 cm³/mol. The third kappa shape index (κ3) is 10.3. The van der Waals surface area contributed by atoms with Gasteiger partial charge < -0.3 is 0 Å². The summed E-state index contributed by atoms with van der Waals surface area (Å²) in [6.07, 6.45) is 0. The van der Waals surface area contributed by atoms with Crippen LogP contribution in [0.25, 0.3) is 88.9 Å². The molecule has 3 heterocycles. The number of para-hydroxylation sites is 2. The summed E-state index contributed by atoms with van der Waals surface area (Å²) in [6.45, 7) is 13.9. The van der Waals surface area contributed by atoms with Crippen LogP contribution in [0.1, 0.15) is 52.7 Å². The molecule has 0 spiro atoms. The maximum atomic E-state index is 6.05. The van der Waals surface area contributed by atoms with Gasteiger partial charge in [-0.05, 0) is 122 Å². The zero-order valence-corrected chi connectivity index (χ0v) is 57.1. The van der Waals surface area contributed by atoms with Gasteiger partial charge in [-0.3, -0.25) is 9.13 Å². The average Bonchev–Trinajstić information content (AvgIpc) is 1.57. The average molecular weight is 1270 g/mol. The molecule has 16 rings (SSSR count). The highest BCUT2D eigenvalue weighted by Gasteiger charge is 2.46. The zero-order valence-electron chi connectivity index (χ0n) is 55.1. The van der Waals surface area contributed by atoms with Crippen molar-refractivity contribution in [3.63, 3.8) is 0 Å². The number of benzene rings is 13. The first kappa shape index (κ1) is 60.0. The van der Waals surface area contributed by atoms with Crippen LogP contribution in [0, 0.1) is 0 Å². The summed E-state index contributed by atoms with van der Waals surface area (Å²) >= 11 is 0. The van der Waals surface area contributed by atoms with Gasteiger partial charge >= 0.3 is 0 Å². The Labute approximate surface area is 565 Å². The summed E-state index contributed by atoms with van der Waals surface area (Å²) in [5, 5.41) is 14.9. The van der Waals surface area contributed by atoms with Gasteiger partial charge in [-0.15, -0.1) is 0 Å². The van der Waals surface area contributed by atoms with Crippen LogP contribution in [-0.4, -0.2) is 35.2 Å². The van der Waals surface area contributed by atoms with Crippen LogP contribution in [0.5, 0.6) is 0 Å². The van der Waals surface area contributed by atoms with Crippen molar-refractivity contribution in [1.29, 1.82) is 0 Å². The lowest BCUT2D eigenvalue weighted by Crippen LogP contribution is -2.78. The van der Waals surface area contributed by atoms with E-state index < -0.39 is 16.1 Å². The second-order valence-corrected chi connectivity index (χ2v) is 35.3. The first-order valence-corrected chi connectivity index (χ1v) is 37.5. The van der Waals surface area contributed by atoms with Crippen molar-refractivity contribution < 1.29 is 0 Å². The topological polar surface area (TPSA) is 35.6 Å². The fourth-order valence-electron chi connectivity index (χ4n) is 15.2. The maximum Gasteiger partial charge on any atom is 0.237 e. The Kier molecular flexibility index (Phi) is 15.0. The van der Waals surface area contributed by atoms with E-state index in [1.807, 2.05) is 0 Å². The predicted octanol–water partition coefficient (Wildman–Crippen LogP) is 17.0. The third-order valence-electron chi connectivity index (χ3n) is 20.0. The molecule has 0 aliphatic carbocycles. The first-order chi connectivity index (χ1) is 46.8. The molecular weight excluding hydrogens is 1190 g/mol. The van der Waals surface area contributed by atoms with Gasteiger partial charge in [0.15, 0.2) is 16.1 Å². The second kappa shape index (κ2) is 24.1. The summed E-state index contributed by atoms with van der Waals surface area (Å²) in [5.41, 5.74) is 13.2. The van der Waals surface area contributed by atoms with Crippen molar-refractivity contribution in [2.45, 2.75) is 52.4 Å². The van der Waals surface area contributed by atoms with Crippen LogP contribution >= 0.6 is 0 Å². The van der Waals surface area contributed by atoms with E-state index in [9.17, 15) is 0 Å². The number of hydrogen-bond donors (Lipinski definition) is 0. The van der Waals surface area contributed by atoms with Gasteiger partial charge in [0, 0.05) is 33.2 Å². The molecule has 4 nitrogen and oxygen atoms in total. The maximum absolute atomic E-state index is 6.05. The molecule has 16 aromatic rings. The monoisotopic (exact) mass is 1270 g/mol. The molecule has 462 valence electrons. The van der Waals surface area contributed by atoms with Crippen molar-refractivity contribution >= 4 is 101 Å². The third-order valence-corrected chi connectivity index (χ3v) is 29.5. The lowest BCUT2D eigenvalue weighted by molar-refractivity contribution is 0.590. The molecule has 0 bridgehead atoms. The molecule has 0 saturated heterocycles. The van der Waals surface area contributed by atoms with Crippen LogP contribution in [-0.2, 0) is 10.8 Å². The summed E-state index contributed by atoms with van der Waals surface area (Å²) in [4.78, 5) is 12.0. The van der Waals surface area contributed by atoms with Crippen molar-refractivity contribution in [2.24, 2.45) is 0 Å². The first-order valence-electron chi connectivity index (χ1n) is 33.5. The molecule has 0 aliphatic heterocycles. The van der Waals surface area contributed by atoms with E-state index in [0.717, 1.165) is 49.9 Å². The minimum absolute atomic E-state index is 0.0807. The normalized spacial score (nSPS) is 12.3. The van der Waals surface area contributed by atoms with Gasteiger partial charge in [-0.25, -0.2) is 4.98 Å². The van der Waals surface area contributed by atoms with Gasteiger partial charge in [-0.2, -0.15) is 4.98 Å². The van der Waals surface area contributed by atoms with Crippen molar-refractivity contribution in [1.82, 2.24) is 19.1 Å². The standard InChI is InChI=1S/C90H74N4Si2/c1-89(2,3)68-49-55-85-80(59-68)81-60-69(90(4,5)6)50-56-86(81)93(85)87-62-82(91-88(92-87)94-83-43-27-25-41-78(83)79-42-26-28-44-84(79)94)67-57-76(95(70-33-17-9-18-34-70,71-35-19-10-20-36-71)74-51-45-65(46-52-74)63-29-13-7-14-30-63)61-77(58-67)96(72-37-21-11-22-38-72,73-39-23-12-24-40-73)75-53-47-66(48-54-75)64-31-15-8-16-32-64/h7-62H,1-6H3. The van der Waals surface area contributed by atoms with Crippen LogP contribution < -0.4 is 41.5 Å². The van der Waals surface area contributed by atoms with E-state index in [0.29, 0.717) is 5.95 Å². The summed E-state index contributed by atoms with van der Waals surface area (Å²) in [6, 6.07) is 128. The van der Waals surface area contributed by atoms with E-state index in [1.165, 1.54) is 85.6 Å². The molecule has 96 heavy (non-hydrogen) atoms. The van der Waals surface area contributed by atoms with Gasteiger partial charge in [0.2, 0.25) is 5.95 Å². The molecule has 3 aromatic heterocycles. The van der Waals surface area contributed by atoms with E-state index in [-0.39, 0.29) is 10.8 Å². The van der Waals surface area contributed by atoms with Crippen LogP contribution in [0.3, 0.4) is 0 Å². The van der Waals surface area contributed by atoms with Crippen molar-refractivity contribution in [3.8, 4) is 45.3 Å². The highest BCUT2D eigenvalue weighted by atomic mass is 28.3. The van der Waals surface area contributed by atoms with E-state index in [2.05, 4.69) is 390 Å². The number of aromatic nitrogens is 4. The Bertz CT molecular complexity index is 5110. The summed E-state index contributed by atoms with van der Waals surface area (Å²) < 4.78 is 4.72. The van der Waals surface area contributed by atoms with Crippen LogP contribution in [0.4, 0.5) is 0 Å². The second-order valence-electron chi connectivity index (χ2n) is 27.7. The lowest BCUT2D eigenvalue weighted by Gasteiger charge is -2.38. The Morgan fingerprint density at radius 3 is 0.938 bits per heavy atom. The van der Waals surface area contributed by atoms with Gasteiger partial charge in [-0.1, -0.05) is 339 Å². The Hall–Kier alpha value is -11.0. The number of hydrogen-bond acceptors (Lipinski definition) is 2. The minimum atomic E-state index is -3.41. The molecule has 0 aliphatic rings. The van der Waals surface area contributed by atoms with Crippen LogP contribution in [0.2, 0.25) is 0 Å².